The smallest absolute Gasteiger partial charge is 0.324 e. The maximum Gasteiger partial charge on any atom is 0.324 e. The normalized spacial score (nSPS) is 21.4. The molecule has 380 valence electrons. The van der Waals surface area contributed by atoms with E-state index in [0.717, 1.165) is 44.5 Å². The minimum atomic E-state index is -3.59. The highest BCUT2D eigenvalue weighted by Crippen LogP contribution is 2.42. The van der Waals surface area contributed by atoms with Gasteiger partial charge in [0.1, 0.15) is 17.8 Å². The third-order valence-corrected chi connectivity index (χ3v) is 15.5. The van der Waals surface area contributed by atoms with E-state index in [1.807, 2.05) is 69.9 Å². The first-order chi connectivity index (χ1) is 33.2. The molecular formula is C53H74N8O8S. The van der Waals surface area contributed by atoms with E-state index in [1.54, 1.807) is 31.5 Å². The number of aromatic hydroxyl groups is 1. The van der Waals surface area contributed by atoms with Gasteiger partial charge in [-0.15, -0.1) is 0 Å². The highest BCUT2D eigenvalue weighted by Gasteiger charge is 2.39. The van der Waals surface area contributed by atoms with Crippen molar-refractivity contribution in [2.75, 3.05) is 67.6 Å². The van der Waals surface area contributed by atoms with Crippen LogP contribution >= 0.6 is 0 Å². The number of pyridine rings is 1. The van der Waals surface area contributed by atoms with E-state index < -0.39 is 45.4 Å². The van der Waals surface area contributed by atoms with E-state index in [9.17, 15) is 27.9 Å². The van der Waals surface area contributed by atoms with E-state index in [-0.39, 0.29) is 42.6 Å². The van der Waals surface area contributed by atoms with Crippen LogP contribution in [0.4, 0.5) is 0 Å². The Bertz CT molecular complexity index is 2680. The van der Waals surface area contributed by atoms with Crippen LogP contribution in [0.3, 0.4) is 0 Å². The highest BCUT2D eigenvalue weighted by atomic mass is 32.2. The van der Waals surface area contributed by atoms with E-state index in [0.29, 0.717) is 70.5 Å². The van der Waals surface area contributed by atoms with Crippen molar-refractivity contribution in [3.63, 3.8) is 0 Å². The lowest BCUT2D eigenvalue weighted by Crippen LogP contribution is -2.62. The van der Waals surface area contributed by atoms with Gasteiger partial charge in [-0.3, -0.25) is 29.3 Å². The number of aromatic nitrogens is 2. The molecule has 70 heavy (non-hydrogen) atoms. The summed E-state index contributed by atoms with van der Waals surface area (Å²) in [5.41, 5.74) is 9.72. The summed E-state index contributed by atoms with van der Waals surface area (Å²) in [6, 6.07) is 13.1. The lowest BCUT2D eigenvalue weighted by atomic mass is 9.84. The molecule has 4 aromatic rings. The molecule has 3 aliphatic rings. The summed E-state index contributed by atoms with van der Waals surface area (Å²) in [5, 5.41) is 18.2. The van der Waals surface area contributed by atoms with Gasteiger partial charge in [-0.1, -0.05) is 45.9 Å². The van der Waals surface area contributed by atoms with E-state index in [2.05, 4.69) is 54.3 Å². The average Bonchev–Trinajstić information content (AvgIpc) is 3.91. The summed E-state index contributed by atoms with van der Waals surface area (Å²) in [6.45, 7) is 15.0. The molecule has 17 heteroatoms. The number of fused-ring (bicyclic) bond motifs is 6. The topological polar surface area (TPSA) is 179 Å². The predicted molar refractivity (Wildman–Crippen MR) is 273 cm³/mol. The second kappa shape index (κ2) is 22.1. The number of phenolic OH excluding ortho intramolecular Hbond substituents is 1. The molecule has 2 aromatic carbocycles. The fourth-order valence-corrected chi connectivity index (χ4v) is 11.8. The summed E-state index contributed by atoms with van der Waals surface area (Å²) in [5.74, 6) is -1.40. The lowest BCUT2D eigenvalue weighted by molar-refractivity contribution is -0.155. The summed E-state index contributed by atoms with van der Waals surface area (Å²) in [4.78, 5) is 52.1. The van der Waals surface area contributed by atoms with Gasteiger partial charge < -0.3 is 29.4 Å². The molecule has 1 unspecified atom stereocenters. The molecule has 7 rings (SSSR count). The molecule has 3 aliphatic heterocycles. The molecule has 0 spiro atoms. The van der Waals surface area contributed by atoms with Crippen molar-refractivity contribution in [2.45, 2.75) is 104 Å². The molecule has 0 aliphatic carbocycles. The summed E-state index contributed by atoms with van der Waals surface area (Å²) >= 11 is 0. The van der Waals surface area contributed by atoms with Crippen LogP contribution < -0.4 is 10.7 Å². The molecule has 16 nitrogen and oxygen atoms in total. The number of nitrogens with one attached hydrogen (secondary N) is 2. The van der Waals surface area contributed by atoms with E-state index in [4.69, 9.17) is 14.5 Å². The van der Waals surface area contributed by atoms with Gasteiger partial charge >= 0.3 is 5.97 Å². The molecule has 2 fully saturated rings. The Kier molecular flexibility index (Phi) is 16.6. The van der Waals surface area contributed by atoms with Gasteiger partial charge in [0.2, 0.25) is 15.9 Å². The zero-order chi connectivity index (χ0) is 50.7. The first-order valence-corrected chi connectivity index (χ1v) is 26.2. The van der Waals surface area contributed by atoms with Gasteiger partial charge in [-0.25, -0.2) is 13.8 Å². The van der Waals surface area contributed by atoms with Crippen molar-refractivity contribution < 1.29 is 37.4 Å². The Hall–Kier alpha value is -5.17. The predicted octanol–water partition coefficient (Wildman–Crippen LogP) is 6.14. The highest BCUT2D eigenvalue weighted by molar-refractivity contribution is 7.92. The monoisotopic (exact) mass is 983 g/mol. The van der Waals surface area contributed by atoms with Gasteiger partial charge in [-0.2, -0.15) is 4.31 Å². The summed E-state index contributed by atoms with van der Waals surface area (Å²) in [7, 11) is 3.71. The molecule has 3 N–H and O–H groups in total. The van der Waals surface area contributed by atoms with Crippen LogP contribution in [0.5, 0.6) is 5.75 Å². The number of amides is 2. The molecule has 2 aromatic heterocycles. The number of sulfonamides is 1. The maximum atomic E-state index is 14.8. The Morgan fingerprint density at radius 1 is 1.07 bits per heavy atom. The van der Waals surface area contributed by atoms with E-state index in [1.165, 1.54) is 14.7 Å². The fraction of sp³-hybridized carbons (Fsp3) is 0.547. The number of carbonyl (C=O) groups is 3. The summed E-state index contributed by atoms with van der Waals surface area (Å²) < 4.78 is 42.0. The van der Waals surface area contributed by atoms with Gasteiger partial charge in [0.25, 0.3) is 5.91 Å². The van der Waals surface area contributed by atoms with Crippen LogP contribution in [0.1, 0.15) is 83.7 Å². The van der Waals surface area contributed by atoms with Crippen molar-refractivity contribution in [1.82, 2.24) is 39.4 Å². The quantitative estimate of drug-likeness (QED) is 0.123. The average molecular weight is 983 g/mol. The molecule has 2 saturated heterocycles. The number of cyclic esters (lactones) is 1. The van der Waals surface area contributed by atoms with Crippen LogP contribution in [-0.4, -0.2) is 146 Å². The zero-order valence-corrected chi connectivity index (χ0v) is 43.5. The molecule has 5 atom stereocenters. The van der Waals surface area contributed by atoms with Crippen LogP contribution in [0.2, 0.25) is 0 Å². The second-order valence-corrected chi connectivity index (χ2v) is 22.7. The van der Waals surface area contributed by atoms with Crippen molar-refractivity contribution in [3.05, 3.63) is 83.0 Å². The zero-order valence-electron chi connectivity index (χ0n) is 42.7. The van der Waals surface area contributed by atoms with Crippen LogP contribution in [0.25, 0.3) is 33.3 Å². The molecule has 0 radical (unpaired) electrons. The van der Waals surface area contributed by atoms with Crippen molar-refractivity contribution >= 4 is 38.7 Å². The van der Waals surface area contributed by atoms with Gasteiger partial charge in [-0.05, 0) is 131 Å². The van der Waals surface area contributed by atoms with E-state index >= 15 is 0 Å². The number of benzene rings is 2. The number of esters is 1. The lowest BCUT2D eigenvalue weighted by Gasteiger charge is -2.37. The number of hydrazine groups is 1. The maximum absolute atomic E-state index is 14.8. The van der Waals surface area contributed by atoms with Crippen molar-refractivity contribution in [1.29, 1.82) is 0 Å². The first-order valence-electron chi connectivity index (χ1n) is 24.7. The number of hydrogen-bond acceptors (Lipinski definition) is 12. The number of methoxy groups -OCH3 is 1. The number of ether oxygens (including phenoxy) is 2. The number of carbonyl (C=O) groups excluding carboxylic acids is 3. The molecule has 5 heterocycles. The van der Waals surface area contributed by atoms with Gasteiger partial charge in [0, 0.05) is 86.3 Å². The second-order valence-electron chi connectivity index (χ2n) is 20.9. The Morgan fingerprint density at radius 2 is 1.84 bits per heavy atom. The minimum Gasteiger partial charge on any atom is -0.508 e. The van der Waals surface area contributed by atoms with Gasteiger partial charge in [0.15, 0.2) is 0 Å². The number of rotatable bonds is 14. The third kappa shape index (κ3) is 11.9. The standard InChI is InChI=1S/C53H74N8O8S/c1-11-60-46-18-17-38-29-42(46)43(49(60)41-15-12-20-54-47(41)35(4)68-10)30-53(5,6)33-69-52(65)44-16-13-22-61(56-44)51(64)45(27-37-25-39(38)28-40(62)26-37)55-50(63)48(34(2)3)58(9)31-36-19-23-59(32-36)70(66,67)24-14-21-57(7)8/h12,14-15,17-18,20,24-26,28-29,34-36,44-45,48,56,62H,11,13,16,19,21-23,27,30-33H2,1-10H3,(H,55,63)/b24-14+/t35-,36?,44-,45-,48-/m0/s1. The number of nitrogens with zero attached hydrogens (tertiary/aromatic N) is 6. The van der Waals surface area contributed by atoms with Crippen LogP contribution in [0.15, 0.2) is 66.2 Å². The SMILES string of the molecule is CCn1c(-c2cccnc2[C@H](C)OC)c2c3cc(ccc31)-c1cc(O)cc(c1)C[C@H](NC(=O)[C@H](C(C)C)N(C)CC1CCN(S(=O)(=O)/C=C/CN(C)C)C1)C(=O)N1CCC[C@H](N1)C(=O)OCC(C)(C)C2. The number of likely N-dealkylation sites (N-methyl/N-ethyl adjacent to an activating group) is 2. The van der Waals surface area contributed by atoms with Crippen LogP contribution in [0, 0.1) is 17.3 Å². The van der Waals surface area contributed by atoms with Gasteiger partial charge in [0.05, 0.1) is 30.1 Å². The Balaban J connectivity index is 1.25. The number of aryl methyl sites for hydroxylation is 1. The molecule has 0 saturated carbocycles. The third-order valence-electron chi connectivity index (χ3n) is 13.9. The minimum absolute atomic E-state index is 0.00559. The fourth-order valence-electron chi connectivity index (χ4n) is 10.5. The number of hydrogen-bond donors (Lipinski definition) is 3. The van der Waals surface area contributed by atoms with Crippen LogP contribution in [-0.2, 0) is 53.3 Å². The molecule has 6 bridgehead atoms. The largest absolute Gasteiger partial charge is 0.508 e. The number of phenols is 1. The summed E-state index contributed by atoms with van der Waals surface area (Å²) in [6.07, 6.45) is 5.39. The molecular weight excluding hydrogens is 909 g/mol. The first kappa shape index (κ1) is 52.6. The van der Waals surface area contributed by atoms with Crippen molar-refractivity contribution in [3.8, 4) is 28.1 Å². The molecule has 2 amide bonds. The Labute approximate surface area is 414 Å². The Morgan fingerprint density at radius 3 is 2.56 bits per heavy atom. The van der Waals surface area contributed by atoms with Crippen molar-refractivity contribution in [2.24, 2.45) is 17.3 Å².